The predicted octanol–water partition coefficient (Wildman–Crippen LogP) is -3.15. The van der Waals surface area contributed by atoms with Gasteiger partial charge in [0.2, 0.25) is 5.91 Å². The second-order valence-corrected chi connectivity index (χ2v) is 9.34. The minimum Gasteiger partial charge on any atom is -0.394 e. The maximum Gasteiger partial charge on any atom is 0.326 e. The van der Waals surface area contributed by atoms with Crippen molar-refractivity contribution in [2.24, 2.45) is 11.3 Å². The number of ether oxygens (including phenoxy) is 2. The third kappa shape index (κ3) is 2.95. The van der Waals surface area contributed by atoms with Crippen molar-refractivity contribution in [3.05, 3.63) is 0 Å². The molecule has 33 heavy (non-hydrogen) atoms. The number of aliphatic hydroxyl groups is 4. The standard InChI is InChI=1S/C19H27N5O9/c1-19-12-13(23(17(30)21-15(12)20)10-2-6(27)8(4-25)32-10)14(19)24(18(31)22-16(19)29)11-3-7(28)9(5-26)33-11/h6-14,25-28H,2-5H2,1H3,(H2,20,21,30)(H,22,29,31). The first kappa shape index (κ1) is 22.4. The van der Waals surface area contributed by atoms with Crippen molar-refractivity contribution in [1.82, 2.24) is 20.4 Å². The molecule has 1 saturated carbocycles. The average molecular weight is 469 g/mol. The third-order valence-electron chi connectivity index (χ3n) is 7.67. The molecule has 5 aliphatic rings. The molecule has 0 spiro atoms. The van der Waals surface area contributed by atoms with Gasteiger partial charge in [0.15, 0.2) is 0 Å². The maximum absolute atomic E-state index is 13.0. The summed E-state index contributed by atoms with van der Waals surface area (Å²) >= 11 is 0. The van der Waals surface area contributed by atoms with Crippen LogP contribution in [-0.2, 0) is 14.3 Å². The van der Waals surface area contributed by atoms with E-state index in [9.17, 15) is 34.8 Å². The van der Waals surface area contributed by atoms with Crippen molar-refractivity contribution in [2.75, 3.05) is 13.2 Å². The predicted molar refractivity (Wildman–Crippen MR) is 105 cm³/mol. The third-order valence-corrected chi connectivity index (χ3v) is 7.67. The van der Waals surface area contributed by atoms with Crippen LogP contribution in [0.4, 0.5) is 9.59 Å². The van der Waals surface area contributed by atoms with E-state index >= 15 is 0 Å². The van der Waals surface area contributed by atoms with Gasteiger partial charge >= 0.3 is 12.1 Å². The van der Waals surface area contributed by atoms with E-state index in [0.717, 1.165) is 0 Å². The molecule has 4 saturated heterocycles. The number of amidine groups is 1. The van der Waals surface area contributed by atoms with E-state index in [1.165, 1.54) is 9.80 Å². The van der Waals surface area contributed by atoms with Gasteiger partial charge in [-0.1, -0.05) is 0 Å². The normalized spacial score (nSPS) is 47.1. The van der Waals surface area contributed by atoms with Crippen LogP contribution >= 0.6 is 0 Å². The van der Waals surface area contributed by atoms with Crippen LogP contribution in [0.3, 0.4) is 0 Å². The molecular formula is C19H27N5O9. The molecule has 4 heterocycles. The van der Waals surface area contributed by atoms with Crippen LogP contribution in [0.1, 0.15) is 19.8 Å². The van der Waals surface area contributed by atoms with Crippen LogP contribution in [0.5, 0.6) is 0 Å². The Balaban J connectivity index is 1.53. The van der Waals surface area contributed by atoms with Crippen LogP contribution < -0.4 is 10.6 Å². The number of nitrogens with one attached hydrogen (secondary N) is 3. The van der Waals surface area contributed by atoms with E-state index in [4.69, 9.17) is 14.9 Å². The van der Waals surface area contributed by atoms with Crippen LogP contribution in [-0.4, -0.2) is 116 Å². The summed E-state index contributed by atoms with van der Waals surface area (Å²) in [5.41, 5.74) is -1.29. The highest BCUT2D eigenvalue weighted by Gasteiger charge is 2.75. The summed E-state index contributed by atoms with van der Waals surface area (Å²) in [4.78, 5) is 41.4. The van der Waals surface area contributed by atoms with Crippen molar-refractivity contribution in [1.29, 1.82) is 5.41 Å². The topological polar surface area (TPSA) is 205 Å². The van der Waals surface area contributed by atoms with E-state index in [1.807, 2.05) is 0 Å². The Bertz CT molecular complexity index is 903. The molecule has 10 unspecified atom stereocenters. The fourth-order valence-electron chi connectivity index (χ4n) is 6.02. The summed E-state index contributed by atoms with van der Waals surface area (Å²) in [7, 11) is 0. The number of fused-ring (bicyclic) bond motifs is 4. The molecule has 7 N–H and O–H groups in total. The number of nitrogens with zero attached hydrogens (tertiary/aromatic N) is 2. The number of amides is 5. The maximum atomic E-state index is 13.0. The van der Waals surface area contributed by atoms with Gasteiger partial charge in [-0.2, -0.15) is 0 Å². The highest BCUT2D eigenvalue weighted by molar-refractivity contribution is 6.09. The van der Waals surface area contributed by atoms with E-state index in [1.54, 1.807) is 6.92 Å². The lowest BCUT2D eigenvalue weighted by molar-refractivity contribution is -0.198. The van der Waals surface area contributed by atoms with Gasteiger partial charge in [0.1, 0.15) is 30.5 Å². The summed E-state index contributed by atoms with van der Waals surface area (Å²) in [6, 6.07) is -3.22. The molecular weight excluding hydrogens is 442 g/mol. The lowest BCUT2D eigenvalue weighted by Gasteiger charge is -2.67. The number of hydrogen-bond donors (Lipinski definition) is 7. The molecule has 10 atom stereocenters. The van der Waals surface area contributed by atoms with E-state index in [-0.39, 0.29) is 18.7 Å². The zero-order valence-corrected chi connectivity index (χ0v) is 17.7. The second kappa shape index (κ2) is 7.58. The molecule has 4 aliphatic heterocycles. The first-order chi connectivity index (χ1) is 15.6. The minimum atomic E-state index is -1.29. The fourth-order valence-corrected chi connectivity index (χ4v) is 6.02. The molecule has 1 aliphatic carbocycles. The number of carbonyl (C=O) groups excluding carboxylic acids is 3. The second-order valence-electron chi connectivity index (χ2n) is 9.34. The van der Waals surface area contributed by atoms with Crippen molar-refractivity contribution < 1.29 is 44.3 Å². The number of carbonyl (C=O) groups is 3. The van der Waals surface area contributed by atoms with Crippen LogP contribution in [0.15, 0.2) is 0 Å². The van der Waals surface area contributed by atoms with Gasteiger partial charge in [0, 0.05) is 12.8 Å². The number of urea groups is 2. The Morgan fingerprint density at radius 1 is 0.970 bits per heavy atom. The van der Waals surface area contributed by atoms with Crippen molar-refractivity contribution in [3.63, 3.8) is 0 Å². The van der Waals surface area contributed by atoms with Crippen LogP contribution in [0, 0.1) is 16.7 Å². The Kier molecular flexibility index (Phi) is 5.15. The molecule has 5 amide bonds. The van der Waals surface area contributed by atoms with E-state index < -0.39 is 91.5 Å². The summed E-state index contributed by atoms with van der Waals surface area (Å²) < 4.78 is 11.4. The smallest absolute Gasteiger partial charge is 0.326 e. The molecule has 0 aromatic rings. The van der Waals surface area contributed by atoms with Gasteiger partial charge in [-0.25, -0.2) is 9.59 Å². The number of imide groups is 1. The quantitative estimate of drug-likeness (QED) is 0.222. The zero-order valence-electron chi connectivity index (χ0n) is 17.7. The van der Waals surface area contributed by atoms with Crippen molar-refractivity contribution >= 4 is 23.8 Å². The lowest BCUT2D eigenvalue weighted by Crippen LogP contribution is -2.88. The van der Waals surface area contributed by atoms with Crippen molar-refractivity contribution in [3.8, 4) is 0 Å². The van der Waals surface area contributed by atoms with Gasteiger partial charge in [0.25, 0.3) is 0 Å². The Morgan fingerprint density at radius 3 is 2.00 bits per heavy atom. The highest BCUT2D eigenvalue weighted by atomic mass is 16.6. The summed E-state index contributed by atoms with van der Waals surface area (Å²) in [5, 5.41) is 52.4. The Morgan fingerprint density at radius 2 is 1.48 bits per heavy atom. The molecule has 5 fully saturated rings. The molecule has 14 nitrogen and oxygen atoms in total. The van der Waals surface area contributed by atoms with Crippen LogP contribution in [0.25, 0.3) is 0 Å². The first-order valence-electron chi connectivity index (χ1n) is 10.8. The van der Waals surface area contributed by atoms with Crippen molar-refractivity contribution in [2.45, 2.75) is 68.7 Å². The number of hydrogen-bond acceptors (Lipinski definition) is 10. The SMILES string of the molecule is CC12C(=O)NC(=O)N(C3CC(O)C(CO)O3)C1C1C2C(=N)NC(=O)N1C1CC(O)C(CO)O1. The Hall–Kier alpha value is -2.36. The number of aliphatic hydroxyl groups excluding tert-OH is 4. The molecule has 0 radical (unpaired) electrons. The summed E-state index contributed by atoms with van der Waals surface area (Å²) in [5.74, 6) is -1.58. The molecule has 0 aromatic heterocycles. The fraction of sp³-hybridized carbons (Fsp3) is 0.789. The summed E-state index contributed by atoms with van der Waals surface area (Å²) in [6.45, 7) is 0.671. The monoisotopic (exact) mass is 469 g/mol. The largest absolute Gasteiger partial charge is 0.394 e. The van der Waals surface area contributed by atoms with Gasteiger partial charge < -0.3 is 29.9 Å². The van der Waals surface area contributed by atoms with E-state index in [2.05, 4.69) is 10.6 Å². The molecule has 182 valence electrons. The number of rotatable bonds is 4. The van der Waals surface area contributed by atoms with E-state index in [0.29, 0.717) is 0 Å². The summed E-state index contributed by atoms with van der Waals surface area (Å²) in [6.07, 6.45) is -5.80. The van der Waals surface area contributed by atoms with Gasteiger partial charge in [-0.15, -0.1) is 0 Å². The Labute approximate surface area is 187 Å². The average Bonchev–Trinajstić information content (AvgIpc) is 3.31. The molecule has 0 aromatic carbocycles. The van der Waals surface area contributed by atoms with Gasteiger partial charge in [-0.05, 0) is 6.92 Å². The minimum absolute atomic E-state index is 0.00397. The molecule has 5 rings (SSSR count). The van der Waals surface area contributed by atoms with Gasteiger partial charge in [0.05, 0.1) is 48.8 Å². The highest BCUT2D eigenvalue weighted by Crippen LogP contribution is 2.56. The zero-order chi connectivity index (χ0) is 23.8. The lowest BCUT2D eigenvalue weighted by atomic mass is 9.50. The van der Waals surface area contributed by atoms with Crippen LogP contribution in [0.2, 0.25) is 0 Å². The first-order valence-corrected chi connectivity index (χ1v) is 10.8. The molecule has 0 bridgehead atoms. The molecule has 14 heteroatoms. The van der Waals surface area contributed by atoms with Gasteiger partial charge in [-0.3, -0.25) is 30.6 Å².